The van der Waals surface area contributed by atoms with Gasteiger partial charge in [-0.2, -0.15) is 5.26 Å². The van der Waals surface area contributed by atoms with Crippen molar-refractivity contribution < 1.29 is 4.79 Å². The standard InChI is InChI=1S/C9H10N2OS/c1-6-5-7(2)13-8(6)9(12)11-4-3-10/h5H,4H2,1-2H3,(H,11,12). The Kier molecular flexibility index (Phi) is 3.04. The molecule has 0 atom stereocenters. The summed E-state index contributed by atoms with van der Waals surface area (Å²) >= 11 is 1.45. The minimum Gasteiger partial charge on any atom is -0.338 e. The Morgan fingerprint density at radius 2 is 2.38 bits per heavy atom. The van der Waals surface area contributed by atoms with E-state index in [0.29, 0.717) is 4.88 Å². The summed E-state index contributed by atoms with van der Waals surface area (Å²) in [6, 6.07) is 3.83. The number of amides is 1. The molecule has 0 aliphatic carbocycles. The number of nitrogens with one attached hydrogen (secondary N) is 1. The van der Waals surface area contributed by atoms with E-state index in [9.17, 15) is 4.79 Å². The highest BCUT2D eigenvalue weighted by atomic mass is 32.1. The highest BCUT2D eigenvalue weighted by molar-refractivity contribution is 7.14. The number of hydrogen-bond acceptors (Lipinski definition) is 3. The summed E-state index contributed by atoms with van der Waals surface area (Å²) in [6.45, 7) is 3.92. The summed E-state index contributed by atoms with van der Waals surface area (Å²) in [5, 5.41) is 10.8. The maximum absolute atomic E-state index is 11.4. The third-order valence-electron chi connectivity index (χ3n) is 1.58. The van der Waals surface area contributed by atoms with Crippen molar-refractivity contribution in [3.8, 4) is 6.07 Å². The minimum atomic E-state index is -0.155. The molecule has 0 aliphatic heterocycles. The quantitative estimate of drug-likeness (QED) is 0.727. The molecule has 0 unspecified atom stereocenters. The van der Waals surface area contributed by atoms with Crippen LogP contribution >= 0.6 is 11.3 Å². The smallest absolute Gasteiger partial charge is 0.262 e. The molecule has 4 heteroatoms. The van der Waals surface area contributed by atoms with Gasteiger partial charge in [0.05, 0.1) is 10.9 Å². The molecule has 0 aromatic carbocycles. The van der Waals surface area contributed by atoms with Gasteiger partial charge in [-0.3, -0.25) is 4.79 Å². The zero-order chi connectivity index (χ0) is 9.84. The van der Waals surface area contributed by atoms with E-state index in [4.69, 9.17) is 5.26 Å². The van der Waals surface area contributed by atoms with E-state index >= 15 is 0 Å². The summed E-state index contributed by atoms with van der Waals surface area (Å²) in [5.41, 5.74) is 0.970. The average Bonchev–Trinajstić information content (AvgIpc) is 2.41. The van der Waals surface area contributed by atoms with Crippen LogP contribution in [0.3, 0.4) is 0 Å². The van der Waals surface area contributed by atoms with E-state index in [1.165, 1.54) is 11.3 Å². The maximum Gasteiger partial charge on any atom is 0.262 e. The van der Waals surface area contributed by atoms with Gasteiger partial charge in [-0.05, 0) is 25.5 Å². The van der Waals surface area contributed by atoms with E-state index in [1.54, 1.807) is 0 Å². The summed E-state index contributed by atoms with van der Waals surface area (Å²) < 4.78 is 0. The van der Waals surface area contributed by atoms with Gasteiger partial charge in [-0.1, -0.05) is 0 Å². The molecule has 0 spiro atoms. The first-order chi connectivity index (χ1) is 6.15. The lowest BCUT2D eigenvalue weighted by atomic mass is 10.2. The molecule has 0 bridgehead atoms. The highest BCUT2D eigenvalue weighted by Gasteiger charge is 2.10. The van der Waals surface area contributed by atoms with E-state index < -0.39 is 0 Å². The first-order valence-electron chi connectivity index (χ1n) is 3.87. The molecule has 1 aromatic rings. The second-order valence-corrected chi connectivity index (χ2v) is 3.97. The zero-order valence-corrected chi connectivity index (χ0v) is 8.36. The van der Waals surface area contributed by atoms with Gasteiger partial charge in [-0.15, -0.1) is 11.3 Å². The van der Waals surface area contributed by atoms with Crippen LogP contribution in [-0.2, 0) is 0 Å². The molecule has 1 amide bonds. The highest BCUT2D eigenvalue weighted by Crippen LogP contribution is 2.20. The van der Waals surface area contributed by atoms with Crippen molar-refractivity contribution in [3.63, 3.8) is 0 Å². The molecule has 0 fully saturated rings. The van der Waals surface area contributed by atoms with Crippen LogP contribution in [0.15, 0.2) is 6.07 Å². The fourth-order valence-corrected chi connectivity index (χ4v) is 2.01. The van der Waals surface area contributed by atoms with Crippen molar-refractivity contribution in [2.24, 2.45) is 0 Å². The van der Waals surface area contributed by atoms with Gasteiger partial charge < -0.3 is 5.32 Å². The molecular formula is C9H10N2OS. The minimum absolute atomic E-state index is 0.0647. The Labute approximate surface area is 81.0 Å². The summed E-state index contributed by atoms with van der Waals surface area (Å²) in [4.78, 5) is 13.2. The van der Waals surface area contributed by atoms with E-state index in [1.807, 2.05) is 26.0 Å². The molecule has 13 heavy (non-hydrogen) atoms. The second-order valence-electron chi connectivity index (χ2n) is 2.71. The zero-order valence-electron chi connectivity index (χ0n) is 7.55. The number of hydrogen-bond donors (Lipinski definition) is 1. The van der Waals surface area contributed by atoms with Crippen molar-refractivity contribution in [2.45, 2.75) is 13.8 Å². The average molecular weight is 194 g/mol. The molecule has 1 N–H and O–H groups in total. The Morgan fingerprint density at radius 3 is 2.85 bits per heavy atom. The van der Waals surface area contributed by atoms with E-state index in [-0.39, 0.29) is 12.5 Å². The van der Waals surface area contributed by atoms with Gasteiger partial charge in [0.25, 0.3) is 5.91 Å². The van der Waals surface area contributed by atoms with Crippen molar-refractivity contribution in [1.82, 2.24) is 5.32 Å². The lowest BCUT2D eigenvalue weighted by molar-refractivity contribution is 0.0962. The molecule has 0 saturated carbocycles. The van der Waals surface area contributed by atoms with Gasteiger partial charge in [0, 0.05) is 4.88 Å². The fraction of sp³-hybridized carbons (Fsp3) is 0.333. The lowest BCUT2D eigenvalue weighted by Crippen LogP contribution is -2.23. The first-order valence-corrected chi connectivity index (χ1v) is 4.69. The van der Waals surface area contributed by atoms with Crippen molar-refractivity contribution in [2.75, 3.05) is 6.54 Å². The molecule has 1 heterocycles. The Balaban J connectivity index is 2.78. The van der Waals surface area contributed by atoms with Gasteiger partial charge in [0.15, 0.2) is 0 Å². The molecule has 1 rings (SSSR count). The molecule has 3 nitrogen and oxygen atoms in total. The lowest BCUT2D eigenvalue weighted by Gasteiger charge is -1.97. The van der Waals surface area contributed by atoms with Gasteiger partial charge >= 0.3 is 0 Å². The summed E-state index contributed by atoms with van der Waals surface area (Å²) in [5.74, 6) is -0.155. The Bertz CT molecular complexity index is 362. The van der Waals surface area contributed by atoms with Crippen LogP contribution < -0.4 is 5.32 Å². The predicted molar refractivity (Wildman–Crippen MR) is 51.7 cm³/mol. The van der Waals surface area contributed by atoms with Crippen molar-refractivity contribution in [1.29, 1.82) is 5.26 Å². The third kappa shape index (κ3) is 2.30. The molecule has 0 radical (unpaired) electrons. The predicted octanol–water partition coefficient (Wildman–Crippen LogP) is 1.62. The first kappa shape index (κ1) is 9.75. The molecule has 1 aromatic heterocycles. The van der Waals surface area contributed by atoms with Gasteiger partial charge in [-0.25, -0.2) is 0 Å². The summed E-state index contributed by atoms with van der Waals surface area (Å²) in [6.07, 6.45) is 0. The number of nitriles is 1. The molecule has 0 aliphatic rings. The molecule has 68 valence electrons. The fourth-order valence-electron chi connectivity index (χ4n) is 1.07. The number of rotatable bonds is 2. The normalized spacial score (nSPS) is 9.31. The number of carbonyl (C=O) groups excluding carboxylic acids is 1. The third-order valence-corrected chi connectivity index (χ3v) is 2.73. The second kappa shape index (κ2) is 4.06. The van der Waals surface area contributed by atoms with Crippen molar-refractivity contribution >= 4 is 17.2 Å². The van der Waals surface area contributed by atoms with Crippen LogP contribution in [0.5, 0.6) is 0 Å². The number of carbonyl (C=O) groups is 1. The van der Waals surface area contributed by atoms with E-state index in [0.717, 1.165) is 10.4 Å². The van der Waals surface area contributed by atoms with Gasteiger partial charge in [0.2, 0.25) is 0 Å². The maximum atomic E-state index is 11.4. The monoisotopic (exact) mass is 194 g/mol. The van der Waals surface area contributed by atoms with E-state index in [2.05, 4.69) is 5.32 Å². The number of thiophene rings is 1. The number of aryl methyl sites for hydroxylation is 2. The van der Waals surface area contributed by atoms with Crippen LogP contribution in [0.25, 0.3) is 0 Å². The Morgan fingerprint density at radius 1 is 1.69 bits per heavy atom. The topological polar surface area (TPSA) is 52.9 Å². The van der Waals surface area contributed by atoms with Crippen LogP contribution in [-0.4, -0.2) is 12.5 Å². The molecule has 0 saturated heterocycles. The summed E-state index contributed by atoms with van der Waals surface area (Å²) in [7, 11) is 0. The van der Waals surface area contributed by atoms with Crippen molar-refractivity contribution in [3.05, 3.63) is 21.4 Å². The Hall–Kier alpha value is -1.34. The van der Waals surface area contributed by atoms with Crippen LogP contribution in [0.1, 0.15) is 20.1 Å². The molecular weight excluding hydrogens is 184 g/mol. The van der Waals surface area contributed by atoms with Gasteiger partial charge in [0.1, 0.15) is 6.54 Å². The van der Waals surface area contributed by atoms with Crippen LogP contribution in [0, 0.1) is 25.2 Å². The van der Waals surface area contributed by atoms with Crippen LogP contribution in [0.2, 0.25) is 0 Å². The number of nitrogens with zero attached hydrogens (tertiary/aromatic N) is 1. The van der Waals surface area contributed by atoms with Crippen LogP contribution in [0.4, 0.5) is 0 Å². The largest absolute Gasteiger partial charge is 0.338 e. The SMILES string of the molecule is Cc1cc(C)c(C(=O)NCC#N)s1.